The van der Waals surface area contributed by atoms with Gasteiger partial charge in [-0.05, 0) is 60.2 Å². The van der Waals surface area contributed by atoms with Gasteiger partial charge in [0.2, 0.25) is 0 Å². The minimum atomic E-state index is 0.526. The Balaban J connectivity index is 1.43. The first-order valence-electron chi connectivity index (χ1n) is 15.0. The largest absolute Gasteiger partial charge is 0.309 e. The second-order valence-corrected chi connectivity index (χ2v) is 11.0. The summed E-state index contributed by atoms with van der Waals surface area (Å²) >= 11 is 0. The summed E-state index contributed by atoms with van der Waals surface area (Å²) < 4.78 is 2.15. The molecule has 0 saturated carbocycles. The smallest absolute Gasteiger partial charge is 0.164 e. The molecule has 0 N–H and O–H groups in total. The Morgan fingerprint density at radius 3 is 1.57 bits per heavy atom. The molecule has 3 aromatic heterocycles. The summed E-state index contributed by atoms with van der Waals surface area (Å²) in [4.78, 5) is 19.4. The van der Waals surface area contributed by atoms with Crippen LogP contribution in [0.15, 0.2) is 140 Å². The minimum absolute atomic E-state index is 0.526. The van der Waals surface area contributed by atoms with Crippen LogP contribution < -0.4 is 0 Å². The molecule has 0 fully saturated rings. The second kappa shape index (κ2) is 11.5. The second-order valence-electron chi connectivity index (χ2n) is 11.0. The molecule has 0 saturated heterocycles. The molecule has 0 unspecified atom stereocenters. The van der Waals surface area contributed by atoms with Gasteiger partial charge in [-0.2, -0.15) is 10.5 Å². The van der Waals surface area contributed by atoms with Crippen LogP contribution in [0.25, 0.3) is 72.8 Å². The average Bonchev–Trinajstić information content (AvgIpc) is 3.48. The molecule has 8 rings (SSSR count). The van der Waals surface area contributed by atoms with Crippen LogP contribution in [-0.4, -0.2) is 24.5 Å². The van der Waals surface area contributed by atoms with E-state index in [1.165, 1.54) is 0 Å². The zero-order valence-corrected chi connectivity index (χ0v) is 24.9. The molecule has 8 aromatic rings. The van der Waals surface area contributed by atoms with E-state index in [4.69, 9.17) is 15.0 Å². The average molecular weight is 602 g/mol. The Morgan fingerprint density at radius 1 is 0.489 bits per heavy atom. The summed E-state index contributed by atoms with van der Waals surface area (Å²) in [6.07, 6.45) is 3.59. The topological polar surface area (TPSA) is 104 Å². The van der Waals surface area contributed by atoms with Gasteiger partial charge in [0.15, 0.2) is 17.5 Å². The maximum absolute atomic E-state index is 9.67. The van der Waals surface area contributed by atoms with E-state index in [1.54, 1.807) is 6.20 Å². The number of pyridine rings is 1. The van der Waals surface area contributed by atoms with Crippen molar-refractivity contribution in [1.29, 1.82) is 10.5 Å². The molecule has 0 spiro atoms. The van der Waals surface area contributed by atoms with Crippen molar-refractivity contribution in [3.05, 3.63) is 151 Å². The highest BCUT2D eigenvalue weighted by atomic mass is 15.0. The third-order valence-corrected chi connectivity index (χ3v) is 8.20. The van der Waals surface area contributed by atoms with Crippen molar-refractivity contribution in [3.8, 4) is 63.1 Å². The van der Waals surface area contributed by atoms with E-state index in [2.05, 4.69) is 39.9 Å². The summed E-state index contributed by atoms with van der Waals surface area (Å²) in [5, 5.41) is 21.1. The zero-order valence-electron chi connectivity index (χ0n) is 24.9. The van der Waals surface area contributed by atoms with Crippen LogP contribution in [-0.2, 0) is 0 Å². The molecule has 0 amide bonds. The molecule has 7 nitrogen and oxygen atoms in total. The van der Waals surface area contributed by atoms with Gasteiger partial charge in [-0.25, -0.2) is 15.0 Å². The van der Waals surface area contributed by atoms with Crippen molar-refractivity contribution >= 4 is 21.8 Å². The molecular weight excluding hydrogens is 578 g/mol. The fourth-order valence-corrected chi connectivity index (χ4v) is 6.00. The van der Waals surface area contributed by atoms with Gasteiger partial charge < -0.3 is 4.57 Å². The van der Waals surface area contributed by atoms with Crippen molar-refractivity contribution in [3.63, 3.8) is 0 Å². The van der Waals surface area contributed by atoms with Crippen molar-refractivity contribution in [1.82, 2.24) is 24.5 Å². The van der Waals surface area contributed by atoms with Crippen molar-refractivity contribution < 1.29 is 0 Å². The standard InChI is InChI=1S/C40H23N7/c41-23-26-13-17-36-33(20-26)34-21-27(24-42)14-18-37(34)47(36)31-15-16-32(30-12-7-19-43-25-30)35(22-31)40-45-38(28-8-3-1-4-9-28)44-39(46-40)29-10-5-2-6-11-29/h1-22,25H. The number of nitrogens with zero attached hydrogens (tertiary/aromatic N) is 7. The van der Waals surface area contributed by atoms with E-state index in [0.29, 0.717) is 28.6 Å². The molecule has 47 heavy (non-hydrogen) atoms. The van der Waals surface area contributed by atoms with E-state index < -0.39 is 0 Å². The van der Waals surface area contributed by atoms with Gasteiger partial charge >= 0.3 is 0 Å². The molecule has 0 bridgehead atoms. The first kappa shape index (κ1) is 27.6. The van der Waals surface area contributed by atoms with Crippen LogP contribution >= 0.6 is 0 Å². The fourth-order valence-electron chi connectivity index (χ4n) is 6.00. The van der Waals surface area contributed by atoms with Gasteiger partial charge in [-0.15, -0.1) is 0 Å². The number of nitriles is 2. The number of benzene rings is 5. The van der Waals surface area contributed by atoms with Crippen LogP contribution in [0.2, 0.25) is 0 Å². The molecule has 0 aliphatic heterocycles. The molecular formula is C40H23N7. The quantitative estimate of drug-likeness (QED) is 0.195. The first-order valence-corrected chi connectivity index (χ1v) is 15.0. The van der Waals surface area contributed by atoms with E-state index in [1.807, 2.05) is 115 Å². The number of aromatic nitrogens is 5. The number of fused-ring (bicyclic) bond motifs is 3. The molecule has 0 atom stereocenters. The maximum Gasteiger partial charge on any atom is 0.164 e. The molecule has 0 aliphatic carbocycles. The van der Waals surface area contributed by atoms with Gasteiger partial charge in [0, 0.05) is 51.1 Å². The van der Waals surface area contributed by atoms with E-state index >= 15 is 0 Å². The lowest BCUT2D eigenvalue weighted by atomic mass is 9.99. The summed E-state index contributed by atoms with van der Waals surface area (Å²) in [5.41, 5.74) is 8.25. The van der Waals surface area contributed by atoms with Crippen molar-refractivity contribution in [2.45, 2.75) is 0 Å². The molecule has 0 aliphatic rings. The van der Waals surface area contributed by atoms with Crippen LogP contribution in [0, 0.1) is 22.7 Å². The first-order chi connectivity index (χ1) is 23.2. The van der Waals surface area contributed by atoms with Crippen LogP contribution in [0.1, 0.15) is 11.1 Å². The Morgan fingerprint density at radius 2 is 1.04 bits per heavy atom. The van der Waals surface area contributed by atoms with E-state index in [-0.39, 0.29) is 0 Å². The summed E-state index contributed by atoms with van der Waals surface area (Å²) in [7, 11) is 0. The lowest BCUT2D eigenvalue weighted by molar-refractivity contribution is 1.07. The highest BCUT2D eigenvalue weighted by Crippen LogP contribution is 2.38. The highest BCUT2D eigenvalue weighted by molar-refractivity contribution is 6.10. The maximum atomic E-state index is 9.67. The SMILES string of the molecule is N#Cc1ccc2c(c1)c1cc(C#N)ccc1n2-c1ccc(-c2cccnc2)c(-c2nc(-c3ccccc3)nc(-c3ccccc3)n2)c1. The predicted octanol–water partition coefficient (Wildman–Crippen LogP) is 8.78. The van der Waals surface area contributed by atoms with E-state index in [9.17, 15) is 10.5 Å². The van der Waals surface area contributed by atoms with Crippen LogP contribution in [0.5, 0.6) is 0 Å². The number of hydrogen-bond acceptors (Lipinski definition) is 6. The van der Waals surface area contributed by atoms with Crippen molar-refractivity contribution in [2.75, 3.05) is 0 Å². The molecule has 7 heteroatoms. The highest BCUT2D eigenvalue weighted by Gasteiger charge is 2.19. The lowest BCUT2D eigenvalue weighted by Gasteiger charge is -2.15. The van der Waals surface area contributed by atoms with Gasteiger partial charge in [-0.1, -0.05) is 72.8 Å². The Bertz CT molecular complexity index is 2400. The van der Waals surface area contributed by atoms with Crippen LogP contribution in [0.4, 0.5) is 0 Å². The number of rotatable bonds is 5. The molecule has 218 valence electrons. The molecule has 0 radical (unpaired) electrons. The third kappa shape index (κ3) is 4.95. The predicted molar refractivity (Wildman–Crippen MR) is 183 cm³/mol. The van der Waals surface area contributed by atoms with Crippen LogP contribution in [0.3, 0.4) is 0 Å². The van der Waals surface area contributed by atoms with Crippen molar-refractivity contribution in [2.24, 2.45) is 0 Å². The lowest BCUT2D eigenvalue weighted by Crippen LogP contribution is -2.02. The Labute approximate surface area is 270 Å². The summed E-state index contributed by atoms with van der Waals surface area (Å²) in [6, 6.07) is 45.8. The van der Waals surface area contributed by atoms with Gasteiger partial charge in [0.25, 0.3) is 0 Å². The van der Waals surface area contributed by atoms with Gasteiger partial charge in [0.05, 0.1) is 34.3 Å². The monoisotopic (exact) mass is 601 g/mol. The van der Waals surface area contributed by atoms with Gasteiger partial charge in [-0.3, -0.25) is 4.98 Å². The molecule has 5 aromatic carbocycles. The molecule has 3 heterocycles. The van der Waals surface area contributed by atoms with E-state index in [0.717, 1.165) is 55.3 Å². The fraction of sp³-hybridized carbons (Fsp3) is 0. The summed E-state index contributed by atoms with van der Waals surface area (Å²) in [5.74, 6) is 1.67. The summed E-state index contributed by atoms with van der Waals surface area (Å²) in [6.45, 7) is 0. The zero-order chi connectivity index (χ0) is 31.7. The number of hydrogen-bond donors (Lipinski definition) is 0. The Hall–Kier alpha value is -6.96. The normalized spacial score (nSPS) is 10.9. The van der Waals surface area contributed by atoms with Gasteiger partial charge in [0.1, 0.15) is 0 Å². The Kier molecular flexibility index (Phi) is 6.76. The minimum Gasteiger partial charge on any atom is -0.309 e. The third-order valence-electron chi connectivity index (χ3n) is 8.20.